The molecule has 0 saturated heterocycles. The summed E-state index contributed by atoms with van der Waals surface area (Å²) in [4.78, 5) is 24.1. The predicted molar refractivity (Wildman–Crippen MR) is 133 cm³/mol. The quantitative estimate of drug-likeness (QED) is 0.205. The van der Waals surface area contributed by atoms with Crippen molar-refractivity contribution >= 4 is 41.1 Å². The van der Waals surface area contributed by atoms with Gasteiger partial charge < -0.3 is 15.4 Å². The third-order valence-electron chi connectivity index (χ3n) is 4.49. The summed E-state index contributed by atoms with van der Waals surface area (Å²) in [6.45, 7) is 2.19. The van der Waals surface area contributed by atoms with Gasteiger partial charge in [0, 0.05) is 12.2 Å². The van der Waals surface area contributed by atoms with Gasteiger partial charge >= 0.3 is 5.97 Å². The van der Waals surface area contributed by atoms with E-state index in [-0.39, 0.29) is 6.61 Å². The highest BCUT2D eigenvalue weighted by Gasteiger charge is 2.10. The second-order valence-corrected chi connectivity index (χ2v) is 7.56. The number of carbonyl (C=O) groups excluding carboxylic acids is 2. The average Bonchev–Trinajstić information content (AvgIpc) is 2.84. The van der Waals surface area contributed by atoms with E-state index in [0.29, 0.717) is 22.9 Å². The number of benzene rings is 3. The fourth-order valence-corrected chi connectivity index (χ4v) is 2.86. The van der Waals surface area contributed by atoms with Gasteiger partial charge in [-0.15, -0.1) is 0 Å². The minimum absolute atomic E-state index is 0.336. The van der Waals surface area contributed by atoms with E-state index in [1.807, 2.05) is 49.4 Å². The first-order chi connectivity index (χ1) is 16.0. The lowest BCUT2D eigenvalue weighted by molar-refractivity contribution is -0.119. The molecule has 0 aliphatic carbocycles. The van der Waals surface area contributed by atoms with Gasteiger partial charge in [0.05, 0.1) is 11.8 Å². The Morgan fingerprint density at radius 1 is 0.970 bits per heavy atom. The SMILES string of the molecule is Cc1ccc(NC(=O)COC(=O)c2ccc(/C=N/NC(=S)NCc3ccccc3)cc2)cc1. The molecule has 3 aromatic rings. The van der Waals surface area contributed by atoms with Gasteiger partial charge in [-0.1, -0.05) is 60.2 Å². The maximum absolute atomic E-state index is 12.2. The monoisotopic (exact) mass is 460 g/mol. The van der Waals surface area contributed by atoms with Gasteiger partial charge in [0.2, 0.25) is 0 Å². The summed E-state index contributed by atoms with van der Waals surface area (Å²) >= 11 is 5.19. The lowest BCUT2D eigenvalue weighted by atomic mass is 10.1. The van der Waals surface area contributed by atoms with Gasteiger partial charge in [-0.2, -0.15) is 5.10 Å². The van der Waals surface area contributed by atoms with E-state index in [9.17, 15) is 9.59 Å². The summed E-state index contributed by atoms with van der Waals surface area (Å²) in [5, 5.41) is 10.2. The molecule has 1 amide bonds. The van der Waals surface area contributed by atoms with Gasteiger partial charge in [0.1, 0.15) is 0 Å². The topological polar surface area (TPSA) is 91.8 Å². The van der Waals surface area contributed by atoms with Crippen LogP contribution in [0.4, 0.5) is 5.69 Å². The van der Waals surface area contributed by atoms with Crippen molar-refractivity contribution in [2.75, 3.05) is 11.9 Å². The highest BCUT2D eigenvalue weighted by atomic mass is 32.1. The molecule has 168 valence electrons. The minimum Gasteiger partial charge on any atom is -0.452 e. The zero-order chi connectivity index (χ0) is 23.5. The number of hydrogen-bond donors (Lipinski definition) is 3. The molecule has 0 aliphatic heterocycles. The lowest BCUT2D eigenvalue weighted by Gasteiger charge is -2.07. The Balaban J connectivity index is 1.40. The van der Waals surface area contributed by atoms with Gasteiger partial charge in [-0.05, 0) is 54.5 Å². The smallest absolute Gasteiger partial charge is 0.338 e. The van der Waals surface area contributed by atoms with Crippen LogP contribution in [-0.4, -0.2) is 29.8 Å². The third-order valence-corrected chi connectivity index (χ3v) is 4.73. The number of thiocarbonyl (C=S) groups is 1. The second-order valence-electron chi connectivity index (χ2n) is 7.15. The molecule has 33 heavy (non-hydrogen) atoms. The van der Waals surface area contributed by atoms with Crippen LogP contribution in [0.3, 0.4) is 0 Å². The van der Waals surface area contributed by atoms with Crippen molar-refractivity contribution in [3.63, 3.8) is 0 Å². The van der Waals surface area contributed by atoms with E-state index in [2.05, 4.69) is 21.2 Å². The number of rotatable bonds is 8. The number of amides is 1. The van der Waals surface area contributed by atoms with Crippen molar-refractivity contribution in [2.24, 2.45) is 5.10 Å². The molecule has 0 unspecified atom stereocenters. The van der Waals surface area contributed by atoms with Crippen molar-refractivity contribution in [1.29, 1.82) is 0 Å². The van der Waals surface area contributed by atoms with Crippen LogP contribution in [0.5, 0.6) is 0 Å². The van der Waals surface area contributed by atoms with Gasteiger partial charge in [0.25, 0.3) is 5.91 Å². The van der Waals surface area contributed by atoms with Crippen LogP contribution in [0.25, 0.3) is 0 Å². The van der Waals surface area contributed by atoms with Crippen molar-refractivity contribution in [3.8, 4) is 0 Å². The van der Waals surface area contributed by atoms with E-state index in [4.69, 9.17) is 17.0 Å². The molecule has 7 nitrogen and oxygen atoms in total. The van der Waals surface area contributed by atoms with E-state index in [1.165, 1.54) is 0 Å². The molecule has 3 aromatic carbocycles. The maximum Gasteiger partial charge on any atom is 0.338 e. The Morgan fingerprint density at radius 2 is 1.67 bits per heavy atom. The van der Waals surface area contributed by atoms with Crippen LogP contribution in [0.15, 0.2) is 84.0 Å². The van der Waals surface area contributed by atoms with Crippen molar-refractivity contribution in [1.82, 2.24) is 10.7 Å². The molecular formula is C25H24N4O3S. The molecule has 0 fully saturated rings. The standard InChI is InChI=1S/C25H24N4O3S/c1-18-7-13-22(14-8-18)28-23(30)17-32-24(31)21-11-9-20(10-12-21)16-27-29-25(33)26-15-19-5-3-2-4-6-19/h2-14,16H,15,17H2,1H3,(H,28,30)(H2,26,29,33)/b27-16+. The fourth-order valence-electron chi connectivity index (χ4n) is 2.74. The lowest BCUT2D eigenvalue weighted by Crippen LogP contribution is -2.31. The van der Waals surface area contributed by atoms with Crippen LogP contribution < -0.4 is 16.1 Å². The molecular weight excluding hydrogens is 436 g/mol. The molecule has 0 atom stereocenters. The summed E-state index contributed by atoms with van der Waals surface area (Å²) < 4.78 is 5.08. The van der Waals surface area contributed by atoms with Gasteiger partial charge in [-0.25, -0.2) is 4.79 Å². The number of anilines is 1. The van der Waals surface area contributed by atoms with Crippen molar-refractivity contribution in [3.05, 3.63) is 101 Å². The molecule has 0 spiro atoms. The Hall–Kier alpha value is -4.04. The third kappa shape index (κ3) is 8.19. The number of nitrogens with one attached hydrogen (secondary N) is 3. The van der Waals surface area contributed by atoms with Crippen LogP contribution >= 0.6 is 12.2 Å². The first kappa shape index (κ1) is 23.6. The number of ether oxygens (including phenoxy) is 1. The Morgan fingerprint density at radius 3 is 2.36 bits per heavy atom. The summed E-state index contributed by atoms with van der Waals surface area (Å²) in [6.07, 6.45) is 1.58. The zero-order valence-corrected chi connectivity index (χ0v) is 18.9. The number of nitrogens with zero attached hydrogens (tertiary/aromatic N) is 1. The first-order valence-corrected chi connectivity index (χ1v) is 10.6. The van der Waals surface area contributed by atoms with E-state index >= 15 is 0 Å². The van der Waals surface area contributed by atoms with Crippen LogP contribution in [0.2, 0.25) is 0 Å². The van der Waals surface area contributed by atoms with E-state index < -0.39 is 11.9 Å². The van der Waals surface area contributed by atoms with E-state index in [1.54, 1.807) is 42.6 Å². The summed E-state index contributed by atoms with van der Waals surface area (Å²) in [5.41, 5.74) is 6.70. The largest absolute Gasteiger partial charge is 0.452 e. The molecule has 0 aromatic heterocycles. The first-order valence-electron chi connectivity index (χ1n) is 10.2. The Kier molecular flexibility index (Phi) is 8.67. The highest BCUT2D eigenvalue weighted by molar-refractivity contribution is 7.80. The molecule has 0 bridgehead atoms. The number of carbonyl (C=O) groups is 2. The zero-order valence-electron chi connectivity index (χ0n) is 18.1. The van der Waals surface area contributed by atoms with Gasteiger partial charge in [0.15, 0.2) is 11.7 Å². The summed E-state index contributed by atoms with van der Waals surface area (Å²) in [6, 6.07) is 23.9. The minimum atomic E-state index is -0.582. The van der Waals surface area contributed by atoms with E-state index in [0.717, 1.165) is 16.7 Å². The molecule has 8 heteroatoms. The molecule has 3 N–H and O–H groups in total. The molecule has 3 rings (SSSR count). The maximum atomic E-state index is 12.2. The second kappa shape index (κ2) is 12.1. The van der Waals surface area contributed by atoms with Crippen molar-refractivity contribution in [2.45, 2.75) is 13.5 Å². The number of aryl methyl sites for hydroxylation is 1. The number of esters is 1. The Labute approximate surface area is 197 Å². The predicted octanol–water partition coefficient (Wildman–Crippen LogP) is 3.79. The molecule has 0 saturated carbocycles. The Bertz CT molecular complexity index is 1110. The van der Waals surface area contributed by atoms with Crippen LogP contribution in [0, 0.1) is 6.92 Å². The highest BCUT2D eigenvalue weighted by Crippen LogP contribution is 2.09. The average molecular weight is 461 g/mol. The van der Waals surface area contributed by atoms with Crippen molar-refractivity contribution < 1.29 is 14.3 Å². The van der Waals surface area contributed by atoms with Crippen LogP contribution in [-0.2, 0) is 16.1 Å². The summed E-state index contributed by atoms with van der Waals surface area (Å²) in [5.74, 6) is -0.985. The summed E-state index contributed by atoms with van der Waals surface area (Å²) in [7, 11) is 0. The molecule has 0 radical (unpaired) electrons. The van der Waals surface area contributed by atoms with Crippen LogP contribution in [0.1, 0.15) is 27.0 Å². The number of hydrogen-bond acceptors (Lipinski definition) is 5. The fraction of sp³-hybridized carbons (Fsp3) is 0.120. The molecule has 0 heterocycles. The normalized spacial score (nSPS) is 10.5. The number of hydrazone groups is 1. The molecule has 0 aliphatic rings. The van der Waals surface area contributed by atoms with Gasteiger partial charge in [-0.3, -0.25) is 10.2 Å².